The Balaban J connectivity index is 2.05. The van der Waals surface area contributed by atoms with Crippen LogP contribution in [0.4, 0.5) is 0 Å². The fraction of sp³-hybridized carbons (Fsp3) is 0.200. The van der Waals surface area contributed by atoms with E-state index in [4.69, 9.17) is 4.74 Å². The molecule has 20 heavy (non-hydrogen) atoms. The summed E-state index contributed by atoms with van der Waals surface area (Å²) in [5.41, 5.74) is 1.65. The number of Topliss-reactive ketones (excluding diaryl/α,β-unsaturated/α-hetero) is 1. The number of benzene rings is 1. The molecule has 5 heteroatoms. The van der Waals surface area contributed by atoms with Crippen molar-refractivity contribution in [3.63, 3.8) is 0 Å². The van der Waals surface area contributed by atoms with E-state index < -0.39 is 12.1 Å². The van der Waals surface area contributed by atoms with Crippen LogP contribution < -0.4 is 0 Å². The molecule has 2 aromatic rings. The van der Waals surface area contributed by atoms with Crippen molar-refractivity contribution in [3.8, 4) is 0 Å². The first-order valence-electron chi connectivity index (χ1n) is 6.16. The monoisotopic (exact) mass is 270 g/mol. The standard InChI is InChI=1S/C15H14N2O3/c1-10-3-5-12(6-4-10)14(18)11(2)20-15(19)13-9-16-7-8-17-13/h3-9,11H,1-2H3/t11-/m1/s1. The fourth-order valence-corrected chi connectivity index (χ4v) is 1.63. The third kappa shape index (κ3) is 3.26. The van der Waals surface area contributed by atoms with Crippen molar-refractivity contribution in [2.24, 2.45) is 0 Å². The number of carbonyl (C=O) groups excluding carboxylic acids is 2. The number of ether oxygens (including phenoxy) is 1. The van der Waals surface area contributed by atoms with E-state index in [9.17, 15) is 9.59 Å². The Labute approximate surface area is 116 Å². The summed E-state index contributed by atoms with van der Waals surface area (Å²) in [5.74, 6) is -0.909. The van der Waals surface area contributed by atoms with Gasteiger partial charge in [0.05, 0.1) is 6.20 Å². The molecule has 0 radical (unpaired) electrons. The van der Waals surface area contributed by atoms with E-state index in [2.05, 4.69) is 9.97 Å². The summed E-state index contributed by atoms with van der Waals surface area (Å²) in [6, 6.07) is 7.10. The van der Waals surface area contributed by atoms with E-state index in [0.717, 1.165) is 5.56 Å². The quantitative estimate of drug-likeness (QED) is 0.629. The number of esters is 1. The van der Waals surface area contributed by atoms with Gasteiger partial charge < -0.3 is 4.74 Å². The molecule has 0 spiro atoms. The predicted molar refractivity (Wildman–Crippen MR) is 72.4 cm³/mol. The van der Waals surface area contributed by atoms with E-state index in [0.29, 0.717) is 5.56 Å². The molecular formula is C15H14N2O3. The van der Waals surface area contributed by atoms with Crippen molar-refractivity contribution >= 4 is 11.8 Å². The van der Waals surface area contributed by atoms with Crippen LogP contribution in [0, 0.1) is 6.92 Å². The smallest absolute Gasteiger partial charge is 0.359 e. The molecule has 102 valence electrons. The van der Waals surface area contributed by atoms with E-state index in [1.165, 1.54) is 25.5 Å². The summed E-state index contributed by atoms with van der Waals surface area (Å²) in [7, 11) is 0. The second-order valence-corrected chi connectivity index (χ2v) is 4.37. The van der Waals surface area contributed by atoms with Crippen LogP contribution in [0.25, 0.3) is 0 Å². The van der Waals surface area contributed by atoms with Crippen molar-refractivity contribution in [2.45, 2.75) is 20.0 Å². The van der Waals surface area contributed by atoms with E-state index in [1.807, 2.05) is 19.1 Å². The average Bonchev–Trinajstić information content (AvgIpc) is 2.48. The first kappa shape index (κ1) is 13.9. The highest BCUT2D eigenvalue weighted by Crippen LogP contribution is 2.09. The minimum absolute atomic E-state index is 0.0797. The van der Waals surface area contributed by atoms with E-state index in [-0.39, 0.29) is 11.5 Å². The number of aryl methyl sites for hydroxylation is 1. The highest BCUT2D eigenvalue weighted by molar-refractivity contribution is 6.01. The van der Waals surface area contributed by atoms with Gasteiger partial charge in [0, 0.05) is 18.0 Å². The number of carbonyl (C=O) groups is 2. The van der Waals surface area contributed by atoms with Crippen LogP contribution in [-0.4, -0.2) is 27.8 Å². The van der Waals surface area contributed by atoms with Gasteiger partial charge in [0.25, 0.3) is 0 Å². The predicted octanol–water partition coefficient (Wildman–Crippen LogP) is 2.21. The van der Waals surface area contributed by atoms with Crippen molar-refractivity contribution in [1.82, 2.24) is 9.97 Å². The van der Waals surface area contributed by atoms with Crippen molar-refractivity contribution in [1.29, 1.82) is 0 Å². The number of hydrogen-bond donors (Lipinski definition) is 0. The summed E-state index contributed by atoms with van der Waals surface area (Å²) in [6.45, 7) is 3.47. The molecule has 2 rings (SSSR count). The minimum Gasteiger partial charge on any atom is -0.449 e. The molecule has 0 aliphatic heterocycles. The van der Waals surface area contributed by atoms with Crippen LogP contribution in [0.2, 0.25) is 0 Å². The molecule has 0 N–H and O–H groups in total. The third-order valence-electron chi connectivity index (χ3n) is 2.76. The Morgan fingerprint density at radius 1 is 1.15 bits per heavy atom. The SMILES string of the molecule is Cc1ccc(C(=O)[C@@H](C)OC(=O)c2cnccn2)cc1. The maximum Gasteiger partial charge on any atom is 0.359 e. The van der Waals surface area contributed by atoms with Gasteiger partial charge in [-0.25, -0.2) is 9.78 Å². The van der Waals surface area contributed by atoms with Crippen LogP contribution in [0.15, 0.2) is 42.9 Å². The normalized spacial score (nSPS) is 11.7. The molecule has 0 aliphatic rings. The molecule has 0 amide bonds. The summed E-state index contributed by atoms with van der Waals surface area (Å²) in [5, 5.41) is 0. The first-order chi connectivity index (χ1) is 9.58. The molecule has 0 fully saturated rings. The first-order valence-corrected chi connectivity index (χ1v) is 6.16. The number of rotatable bonds is 4. The zero-order valence-corrected chi connectivity index (χ0v) is 11.2. The second kappa shape index (κ2) is 6.06. The van der Waals surface area contributed by atoms with Gasteiger partial charge in [0.1, 0.15) is 0 Å². The lowest BCUT2D eigenvalue weighted by atomic mass is 10.1. The van der Waals surface area contributed by atoms with Gasteiger partial charge in [-0.15, -0.1) is 0 Å². The van der Waals surface area contributed by atoms with Crippen LogP contribution in [0.3, 0.4) is 0 Å². The summed E-state index contributed by atoms with van der Waals surface area (Å²) in [4.78, 5) is 31.5. The molecule has 1 aromatic heterocycles. The lowest BCUT2D eigenvalue weighted by molar-refractivity contribution is 0.0312. The number of hydrogen-bond acceptors (Lipinski definition) is 5. The van der Waals surface area contributed by atoms with Crippen LogP contribution >= 0.6 is 0 Å². The molecule has 0 unspecified atom stereocenters. The fourth-order valence-electron chi connectivity index (χ4n) is 1.63. The topological polar surface area (TPSA) is 69.2 Å². The molecule has 0 bridgehead atoms. The van der Waals surface area contributed by atoms with Crippen LogP contribution in [0.1, 0.15) is 33.3 Å². The molecule has 1 heterocycles. The van der Waals surface area contributed by atoms with Gasteiger partial charge in [-0.2, -0.15) is 0 Å². The summed E-state index contributed by atoms with van der Waals surface area (Å²) in [6.07, 6.45) is 3.28. The second-order valence-electron chi connectivity index (χ2n) is 4.37. The minimum atomic E-state index is -0.868. The molecular weight excluding hydrogens is 256 g/mol. The van der Waals surface area contributed by atoms with Crippen molar-refractivity contribution in [2.75, 3.05) is 0 Å². The molecule has 1 aromatic carbocycles. The summed E-state index contributed by atoms with van der Waals surface area (Å²) < 4.78 is 5.09. The highest BCUT2D eigenvalue weighted by Gasteiger charge is 2.20. The highest BCUT2D eigenvalue weighted by atomic mass is 16.5. The number of ketones is 1. The Morgan fingerprint density at radius 3 is 2.45 bits per heavy atom. The molecule has 1 atom stereocenters. The maximum absolute atomic E-state index is 12.1. The van der Waals surface area contributed by atoms with Gasteiger partial charge >= 0.3 is 5.97 Å². The van der Waals surface area contributed by atoms with Crippen molar-refractivity contribution < 1.29 is 14.3 Å². The third-order valence-corrected chi connectivity index (χ3v) is 2.76. The average molecular weight is 270 g/mol. The molecule has 0 saturated heterocycles. The van der Waals surface area contributed by atoms with E-state index >= 15 is 0 Å². The Morgan fingerprint density at radius 2 is 1.85 bits per heavy atom. The molecule has 0 saturated carbocycles. The Kier molecular flexibility index (Phi) is 4.20. The van der Waals surface area contributed by atoms with Gasteiger partial charge in [0.15, 0.2) is 11.8 Å². The lowest BCUT2D eigenvalue weighted by Crippen LogP contribution is -2.24. The van der Waals surface area contributed by atoms with Crippen LogP contribution in [0.5, 0.6) is 0 Å². The van der Waals surface area contributed by atoms with Gasteiger partial charge in [-0.1, -0.05) is 29.8 Å². The van der Waals surface area contributed by atoms with Crippen LogP contribution in [-0.2, 0) is 4.74 Å². The van der Waals surface area contributed by atoms with Crippen molar-refractivity contribution in [3.05, 3.63) is 59.7 Å². The zero-order valence-electron chi connectivity index (χ0n) is 11.2. The van der Waals surface area contributed by atoms with Gasteiger partial charge in [0.2, 0.25) is 5.78 Å². The molecule has 0 aliphatic carbocycles. The number of nitrogens with zero attached hydrogens (tertiary/aromatic N) is 2. The summed E-state index contributed by atoms with van der Waals surface area (Å²) >= 11 is 0. The number of aromatic nitrogens is 2. The van der Waals surface area contributed by atoms with Gasteiger partial charge in [-0.05, 0) is 13.8 Å². The Hall–Kier alpha value is -2.56. The zero-order chi connectivity index (χ0) is 14.5. The van der Waals surface area contributed by atoms with E-state index in [1.54, 1.807) is 12.1 Å². The molecule has 5 nitrogen and oxygen atoms in total. The largest absolute Gasteiger partial charge is 0.449 e. The van der Waals surface area contributed by atoms with Gasteiger partial charge in [-0.3, -0.25) is 9.78 Å². The lowest BCUT2D eigenvalue weighted by Gasteiger charge is -2.11. The Bertz CT molecular complexity index is 609. The maximum atomic E-state index is 12.1.